The Labute approximate surface area is 173 Å². The Kier molecular flexibility index (Phi) is 20.9. The standard InChI is InChI=1S/C24H44O4/c1-2-3-4-5-6-7-8-9-10-11-12-13-14-15-16-17-18-19-22-28-24(27)21-20-23(25)26/h20-21H,2-19,22H2,1H3,(H,25,26)/b21-20-. The number of aliphatic carboxylic acids is 1. The summed E-state index contributed by atoms with van der Waals surface area (Å²) in [4.78, 5) is 21.4. The molecule has 4 heteroatoms. The lowest BCUT2D eigenvalue weighted by atomic mass is 10.0. The molecular weight excluding hydrogens is 352 g/mol. The van der Waals surface area contributed by atoms with Crippen molar-refractivity contribution in [2.45, 2.75) is 122 Å². The Morgan fingerprint density at radius 2 is 0.964 bits per heavy atom. The van der Waals surface area contributed by atoms with Gasteiger partial charge in [-0.3, -0.25) is 0 Å². The fourth-order valence-corrected chi connectivity index (χ4v) is 3.36. The lowest BCUT2D eigenvalue weighted by molar-refractivity contribution is -0.138. The van der Waals surface area contributed by atoms with Gasteiger partial charge in [0.2, 0.25) is 0 Å². The van der Waals surface area contributed by atoms with Crippen LogP contribution >= 0.6 is 0 Å². The van der Waals surface area contributed by atoms with Crippen molar-refractivity contribution >= 4 is 11.9 Å². The number of carbonyl (C=O) groups excluding carboxylic acids is 1. The van der Waals surface area contributed by atoms with E-state index in [1.165, 1.54) is 103 Å². The molecule has 0 bridgehead atoms. The van der Waals surface area contributed by atoms with E-state index in [9.17, 15) is 9.59 Å². The van der Waals surface area contributed by atoms with Gasteiger partial charge in [0.15, 0.2) is 0 Å². The van der Waals surface area contributed by atoms with Crippen LogP contribution in [0.1, 0.15) is 122 Å². The van der Waals surface area contributed by atoms with Gasteiger partial charge in [0.05, 0.1) is 6.61 Å². The maximum absolute atomic E-state index is 11.2. The zero-order valence-corrected chi connectivity index (χ0v) is 18.3. The summed E-state index contributed by atoms with van der Waals surface area (Å²) < 4.78 is 4.93. The maximum Gasteiger partial charge on any atom is 0.331 e. The minimum Gasteiger partial charge on any atom is -0.478 e. The third-order valence-corrected chi connectivity index (χ3v) is 5.10. The van der Waals surface area contributed by atoms with Gasteiger partial charge in [-0.1, -0.05) is 116 Å². The van der Waals surface area contributed by atoms with E-state index in [1.54, 1.807) is 0 Å². The fourth-order valence-electron chi connectivity index (χ4n) is 3.36. The number of hydrogen-bond donors (Lipinski definition) is 1. The van der Waals surface area contributed by atoms with Gasteiger partial charge in [-0.2, -0.15) is 0 Å². The Bertz CT molecular complexity index is 390. The van der Waals surface area contributed by atoms with E-state index in [2.05, 4.69) is 6.92 Å². The van der Waals surface area contributed by atoms with Gasteiger partial charge in [-0.05, 0) is 6.42 Å². The molecule has 4 nitrogen and oxygen atoms in total. The molecule has 28 heavy (non-hydrogen) atoms. The molecule has 0 unspecified atom stereocenters. The summed E-state index contributed by atoms with van der Waals surface area (Å²) >= 11 is 0. The van der Waals surface area contributed by atoms with Crippen molar-refractivity contribution in [3.05, 3.63) is 12.2 Å². The molecule has 0 aromatic carbocycles. The second-order valence-electron chi connectivity index (χ2n) is 7.85. The predicted octanol–water partition coefficient (Wildman–Crippen LogP) is 7.21. The van der Waals surface area contributed by atoms with Crippen LogP contribution in [-0.2, 0) is 14.3 Å². The van der Waals surface area contributed by atoms with E-state index in [4.69, 9.17) is 9.84 Å². The molecule has 0 aliphatic carbocycles. The van der Waals surface area contributed by atoms with E-state index in [0.717, 1.165) is 25.0 Å². The van der Waals surface area contributed by atoms with Gasteiger partial charge in [0.1, 0.15) is 0 Å². The van der Waals surface area contributed by atoms with Crippen molar-refractivity contribution in [2.24, 2.45) is 0 Å². The van der Waals surface area contributed by atoms with Gasteiger partial charge < -0.3 is 9.84 Å². The van der Waals surface area contributed by atoms with Gasteiger partial charge in [0.25, 0.3) is 0 Å². The maximum atomic E-state index is 11.2. The largest absolute Gasteiger partial charge is 0.478 e. The van der Waals surface area contributed by atoms with Gasteiger partial charge in [-0.25, -0.2) is 9.59 Å². The van der Waals surface area contributed by atoms with Crippen LogP contribution in [0.2, 0.25) is 0 Å². The highest BCUT2D eigenvalue weighted by Crippen LogP contribution is 2.14. The van der Waals surface area contributed by atoms with Crippen LogP contribution in [-0.4, -0.2) is 23.7 Å². The smallest absolute Gasteiger partial charge is 0.331 e. The number of hydrogen-bond acceptors (Lipinski definition) is 3. The molecule has 0 radical (unpaired) electrons. The highest BCUT2D eigenvalue weighted by molar-refractivity contribution is 5.90. The Morgan fingerprint density at radius 3 is 1.32 bits per heavy atom. The van der Waals surface area contributed by atoms with Gasteiger partial charge >= 0.3 is 11.9 Å². The molecule has 0 rings (SSSR count). The molecule has 0 saturated heterocycles. The minimum atomic E-state index is -1.13. The fraction of sp³-hybridized carbons (Fsp3) is 0.833. The second-order valence-corrected chi connectivity index (χ2v) is 7.85. The predicted molar refractivity (Wildman–Crippen MR) is 117 cm³/mol. The van der Waals surface area contributed by atoms with Crippen LogP contribution in [0.3, 0.4) is 0 Å². The topological polar surface area (TPSA) is 63.6 Å². The summed E-state index contributed by atoms with van der Waals surface area (Å²) in [6.07, 6.45) is 25.6. The van der Waals surface area contributed by atoms with Crippen LogP contribution in [0.25, 0.3) is 0 Å². The van der Waals surface area contributed by atoms with E-state index in [1.807, 2.05) is 0 Å². The summed E-state index contributed by atoms with van der Waals surface area (Å²) in [5.41, 5.74) is 0. The van der Waals surface area contributed by atoms with Crippen molar-refractivity contribution in [1.29, 1.82) is 0 Å². The van der Waals surface area contributed by atoms with E-state index in [0.29, 0.717) is 6.61 Å². The molecule has 0 amide bonds. The molecule has 0 atom stereocenters. The van der Waals surface area contributed by atoms with Gasteiger partial charge in [-0.15, -0.1) is 0 Å². The Hall–Kier alpha value is -1.32. The molecule has 0 aliphatic heterocycles. The number of esters is 1. The highest BCUT2D eigenvalue weighted by Gasteiger charge is 1.99. The SMILES string of the molecule is CCCCCCCCCCCCCCCCCCCCOC(=O)/C=C\C(=O)O. The van der Waals surface area contributed by atoms with Crippen molar-refractivity contribution in [3.8, 4) is 0 Å². The number of carboxylic acid groups (broad SMARTS) is 1. The van der Waals surface area contributed by atoms with Crippen molar-refractivity contribution in [2.75, 3.05) is 6.61 Å². The first-order valence-electron chi connectivity index (χ1n) is 11.7. The monoisotopic (exact) mass is 396 g/mol. The minimum absolute atomic E-state index is 0.377. The van der Waals surface area contributed by atoms with Crippen LogP contribution < -0.4 is 0 Å². The first-order valence-corrected chi connectivity index (χ1v) is 11.7. The number of carbonyl (C=O) groups is 2. The molecule has 0 aromatic heterocycles. The molecule has 0 aromatic rings. The molecule has 0 aliphatic rings. The lowest BCUT2D eigenvalue weighted by Gasteiger charge is -2.04. The summed E-state index contributed by atoms with van der Waals surface area (Å²) in [6, 6.07) is 0. The van der Waals surface area contributed by atoms with Crippen LogP contribution in [0.15, 0.2) is 12.2 Å². The number of rotatable bonds is 21. The summed E-state index contributed by atoms with van der Waals surface area (Å²) in [5, 5.41) is 8.40. The Morgan fingerprint density at radius 1 is 0.607 bits per heavy atom. The lowest BCUT2D eigenvalue weighted by Crippen LogP contribution is -2.03. The van der Waals surface area contributed by atoms with E-state index in [-0.39, 0.29) is 0 Å². The van der Waals surface area contributed by atoms with E-state index >= 15 is 0 Å². The zero-order chi connectivity index (χ0) is 20.7. The second kappa shape index (κ2) is 22.0. The van der Waals surface area contributed by atoms with Crippen LogP contribution in [0.5, 0.6) is 0 Å². The zero-order valence-electron chi connectivity index (χ0n) is 18.3. The normalized spacial score (nSPS) is 11.2. The first-order chi connectivity index (χ1) is 13.7. The van der Waals surface area contributed by atoms with Crippen molar-refractivity contribution in [1.82, 2.24) is 0 Å². The number of unbranched alkanes of at least 4 members (excludes halogenated alkanes) is 17. The summed E-state index contributed by atoms with van der Waals surface area (Å²) in [7, 11) is 0. The number of carboxylic acids is 1. The molecular formula is C24H44O4. The van der Waals surface area contributed by atoms with E-state index < -0.39 is 11.9 Å². The highest BCUT2D eigenvalue weighted by atomic mass is 16.5. The third kappa shape index (κ3) is 22.7. The van der Waals surface area contributed by atoms with Crippen LogP contribution in [0, 0.1) is 0 Å². The number of ether oxygens (including phenoxy) is 1. The van der Waals surface area contributed by atoms with Gasteiger partial charge in [0, 0.05) is 12.2 Å². The first kappa shape index (κ1) is 26.7. The molecule has 0 saturated carbocycles. The third-order valence-electron chi connectivity index (χ3n) is 5.10. The summed E-state index contributed by atoms with van der Waals surface area (Å²) in [5.74, 6) is -1.71. The van der Waals surface area contributed by atoms with Crippen molar-refractivity contribution < 1.29 is 19.4 Å². The molecule has 164 valence electrons. The molecule has 0 heterocycles. The molecule has 1 N–H and O–H groups in total. The quantitative estimate of drug-likeness (QED) is 0.126. The van der Waals surface area contributed by atoms with Crippen LogP contribution in [0.4, 0.5) is 0 Å². The van der Waals surface area contributed by atoms with Crippen molar-refractivity contribution in [3.63, 3.8) is 0 Å². The Balaban J connectivity index is 3.12. The average molecular weight is 397 g/mol. The molecule has 0 fully saturated rings. The average Bonchev–Trinajstić information content (AvgIpc) is 2.68. The summed E-state index contributed by atoms with van der Waals surface area (Å²) in [6.45, 7) is 2.65. The molecule has 0 spiro atoms.